The number of benzene rings is 2. The number of nitriles is 1. The first-order valence-corrected chi connectivity index (χ1v) is 7.63. The quantitative estimate of drug-likeness (QED) is 0.835. The molecule has 0 N–H and O–H groups in total. The minimum atomic E-state index is -0.0189. The van der Waals surface area contributed by atoms with Gasteiger partial charge in [0, 0.05) is 17.1 Å². The fourth-order valence-corrected chi connectivity index (χ4v) is 3.05. The molecule has 110 valence electrons. The molecule has 2 aromatic carbocycles. The number of carbonyl (C=O) groups is 1. The molecule has 1 atom stereocenters. The largest absolute Gasteiger partial charge is 0.332 e. The summed E-state index contributed by atoms with van der Waals surface area (Å²) in [7, 11) is 0. The highest BCUT2D eigenvalue weighted by Crippen LogP contribution is 2.33. The summed E-state index contributed by atoms with van der Waals surface area (Å²) >= 11 is 5.94. The van der Waals surface area contributed by atoms with E-state index in [0.717, 1.165) is 24.9 Å². The molecule has 0 saturated carbocycles. The molecule has 0 aromatic heterocycles. The fraction of sp³-hybridized carbons (Fsp3) is 0.222. The lowest BCUT2D eigenvalue weighted by Gasteiger charge is -2.25. The van der Waals surface area contributed by atoms with Crippen LogP contribution in [0.3, 0.4) is 0 Å². The molecule has 0 aliphatic carbocycles. The highest BCUT2D eigenvalue weighted by molar-refractivity contribution is 6.30. The van der Waals surface area contributed by atoms with Gasteiger partial charge < -0.3 is 4.90 Å². The van der Waals surface area contributed by atoms with Gasteiger partial charge in [-0.25, -0.2) is 0 Å². The molecule has 0 radical (unpaired) electrons. The van der Waals surface area contributed by atoms with Crippen LogP contribution in [-0.2, 0) is 0 Å². The van der Waals surface area contributed by atoms with Crippen LogP contribution in [0.15, 0.2) is 48.5 Å². The number of nitrogens with zero attached hydrogens (tertiary/aromatic N) is 2. The maximum Gasteiger partial charge on any atom is 0.254 e. The van der Waals surface area contributed by atoms with Crippen molar-refractivity contribution < 1.29 is 4.79 Å². The monoisotopic (exact) mass is 310 g/mol. The van der Waals surface area contributed by atoms with E-state index in [1.54, 1.807) is 24.3 Å². The number of hydrogen-bond donors (Lipinski definition) is 0. The van der Waals surface area contributed by atoms with E-state index < -0.39 is 0 Å². The van der Waals surface area contributed by atoms with Crippen LogP contribution in [0.5, 0.6) is 0 Å². The van der Waals surface area contributed by atoms with Gasteiger partial charge in [-0.2, -0.15) is 5.26 Å². The van der Waals surface area contributed by atoms with E-state index >= 15 is 0 Å². The average Bonchev–Trinajstić information content (AvgIpc) is 3.04. The molecule has 1 saturated heterocycles. The first-order chi connectivity index (χ1) is 10.7. The Balaban J connectivity index is 1.87. The van der Waals surface area contributed by atoms with Gasteiger partial charge in [-0.15, -0.1) is 0 Å². The summed E-state index contributed by atoms with van der Waals surface area (Å²) in [6.45, 7) is 0.739. The second-order valence-electron chi connectivity index (χ2n) is 5.40. The highest BCUT2D eigenvalue weighted by Gasteiger charge is 2.30. The van der Waals surface area contributed by atoms with Gasteiger partial charge in [0.25, 0.3) is 5.91 Å². The van der Waals surface area contributed by atoms with Gasteiger partial charge in [-0.3, -0.25) is 4.79 Å². The van der Waals surface area contributed by atoms with Gasteiger partial charge >= 0.3 is 0 Å². The maximum absolute atomic E-state index is 12.8. The molecule has 1 heterocycles. The van der Waals surface area contributed by atoms with Crippen LogP contribution in [0.2, 0.25) is 5.02 Å². The van der Waals surface area contributed by atoms with Gasteiger partial charge in [0.1, 0.15) is 0 Å². The fourth-order valence-electron chi connectivity index (χ4n) is 2.93. The number of halogens is 1. The van der Waals surface area contributed by atoms with Gasteiger partial charge in [0.15, 0.2) is 0 Å². The van der Waals surface area contributed by atoms with Crippen LogP contribution < -0.4 is 0 Å². The van der Waals surface area contributed by atoms with Crippen molar-refractivity contribution in [1.29, 1.82) is 5.26 Å². The zero-order valence-electron chi connectivity index (χ0n) is 12.0. The zero-order chi connectivity index (χ0) is 15.5. The van der Waals surface area contributed by atoms with E-state index in [0.29, 0.717) is 16.1 Å². The molecule has 2 aromatic rings. The topological polar surface area (TPSA) is 44.1 Å². The van der Waals surface area contributed by atoms with Crippen LogP contribution in [0.1, 0.15) is 40.4 Å². The lowest BCUT2D eigenvalue weighted by molar-refractivity contribution is 0.0735. The summed E-state index contributed by atoms with van der Waals surface area (Å²) in [6, 6.07) is 16.7. The van der Waals surface area contributed by atoms with E-state index in [1.807, 2.05) is 29.2 Å². The van der Waals surface area contributed by atoms with E-state index in [9.17, 15) is 4.79 Å². The van der Waals surface area contributed by atoms with Crippen LogP contribution >= 0.6 is 11.6 Å². The van der Waals surface area contributed by atoms with Crippen molar-refractivity contribution in [2.45, 2.75) is 18.9 Å². The number of hydrogen-bond acceptors (Lipinski definition) is 2. The van der Waals surface area contributed by atoms with Crippen molar-refractivity contribution in [1.82, 2.24) is 4.90 Å². The Hall–Kier alpha value is -2.31. The van der Waals surface area contributed by atoms with Gasteiger partial charge in [0.05, 0.1) is 17.7 Å². The number of carbonyl (C=O) groups excluding carboxylic acids is 1. The molecule has 22 heavy (non-hydrogen) atoms. The molecular weight excluding hydrogens is 296 g/mol. The van der Waals surface area contributed by atoms with E-state index in [2.05, 4.69) is 6.07 Å². The zero-order valence-corrected chi connectivity index (χ0v) is 12.8. The summed E-state index contributed by atoms with van der Waals surface area (Å²) in [5, 5.41) is 9.67. The van der Waals surface area contributed by atoms with Crippen molar-refractivity contribution in [3.05, 3.63) is 70.2 Å². The SMILES string of the molecule is N#Cc1cccc(C(=O)N2CCC[C@@H]2c2ccc(Cl)cc2)c1. The molecule has 3 rings (SSSR count). The van der Waals surface area contributed by atoms with E-state index in [1.165, 1.54) is 0 Å². The molecule has 1 amide bonds. The van der Waals surface area contributed by atoms with Gasteiger partial charge in [0.2, 0.25) is 0 Å². The summed E-state index contributed by atoms with van der Waals surface area (Å²) in [5.74, 6) is -0.0189. The van der Waals surface area contributed by atoms with E-state index in [-0.39, 0.29) is 11.9 Å². The summed E-state index contributed by atoms with van der Waals surface area (Å²) in [6.07, 6.45) is 1.93. The average molecular weight is 311 g/mol. The third-order valence-electron chi connectivity index (χ3n) is 4.01. The molecule has 0 bridgehead atoms. The Morgan fingerprint density at radius 3 is 2.73 bits per heavy atom. The smallest absolute Gasteiger partial charge is 0.254 e. The third kappa shape index (κ3) is 2.84. The van der Waals surface area contributed by atoms with Crippen molar-refractivity contribution >= 4 is 17.5 Å². The van der Waals surface area contributed by atoms with Crippen LogP contribution in [-0.4, -0.2) is 17.4 Å². The van der Waals surface area contributed by atoms with Crippen molar-refractivity contribution in [3.8, 4) is 6.07 Å². The molecule has 1 aliphatic heterocycles. The van der Waals surface area contributed by atoms with Crippen molar-refractivity contribution in [2.75, 3.05) is 6.54 Å². The van der Waals surface area contributed by atoms with Crippen LogP contribution in [0.25, 0.3) is 0 Å². The number of rotatable bonds is 2. The van der Waals surface area contributed by atoms with E-state index in [4.69, 9.17) is 16.9 Å². The third-order valence-corrected chi connectivity index (χ3v) is 4.26. The molecule has 1 aliphatic rings. The Morgan fingerprint density at radius 2 is 2.00 bits per heavy atom. The first-order valence-electron chi connectivity index (χ1n) is 7.25. The molecule has 4 heteroatoms. The van der Waals surface area contributed by atoms with Crippen LogP contribution in [0.4, 0.5) is 0 Å². The number of likely N-dealkylation sites (tertiary alicyclic amines) is 1. The Kier molecular flexibility index (Phi) is 4.13. The van der Waals surface area contributed by atoms with Crippen molar-refractivity contribution in [2.24, 2.45) is 0 Å². The van der Waals surface area contributed by atoms with Gasteiger partial charge in [-0.05, 0) is 48.7 Å². The molecule has 3 nitrogen and oxygen atoms in total. The minimum Gasteiger partial charge on any atom is -0.332 e. The summed E-state index contributed by atoms with van der Waals surface area (Å²) in [5.41, 5.74) is 2.18. The summed E-state index contributed by atoms with van der Waals surface area (Å²) in [4.78, 5) is 14.6. The predicted molar refractivity (Wildman–Crippen MR) is 85.6 cm³/mol. The lowest BCUT2D eigenvalue weighted by atomic mass is 10.0. The second kappa shape index (κ2) is 6.21. The normalized spacial score (nSPS) is 17.3. The molecular formula is C18H15ClN2O. The first kappa shape index (κ1) is 14.6. The van der Waals surface area contributed by atoms with Crippen molar-refractivity contribution in [3.63, 3.8) is 0 Å². The predicted octanol–water partition coefficient (Wildman–Crippen LogP) is 4.19. The molecule has 0 unspecified atom stereocenters. The van der Waals surface area contributed by atoms with Gasteiger partial charge in [-0.1, -0.05) is 29.8 Å². The minimum absolute atomic E-state index is 0.0189. The Labute approximate surface area is 134 Å². The number of amides is 1. The Morgan fingerprint density at radius 1 is 1.23 bits per heavy atom. The maximum atomic E-state index is 12.8. The lowest BCUT2D eigenvalue weighted by Crippen LogP contribution is -2.30. The molecule has 0 spiro atoms. The summed E-state index contributed by atoms with van der Waals surface area (Å²) < 4.78 is 0. The second-order valence-corrected chi connectivity index (χ2v) is 5.84. The Bertz CT molecular complexity index is 733. The standard InChI is InChI=1S/C18H15ClN2O/c19-16-8-6-14(7-9-16)17-5-2-10-21(17)18(22)15-4-1-3-13(11-15)12-20/h1,3-4,6-9,11,17H,2,5,10H2/t17-/m1/s1. The highest BCUT2D eigenvalue weighted by atomic mass is 35.5. The van der Waals surface area contributed by atoms with Crippen LogP contribution in [0, 0.1) is 11.3 Å². The molecule has 1 fully saturated rings.